The zero-order valence-corrected chi connectivity index (χ0v) is 7.72. The highest BCUT2D eigenvalue weighted by Gasteiger charge is 2.36. The molecule has 0 aromatic carbocycles. The lowest BCUT2D eigenvalue weighted by Gasteiger charge is -2.13. The maximum Gasteiger partial charge on any atom is 0.435 e. The topological polar surface area (TPSA) is 59.1 Å². The Hall–Kier alpha value is -1.44. The van der Waals surface area contributed by atoms with Crippen LogP contribution in [0.4, 0.5) is 27.6 Å². The second-order valence-corrected chi connectivity index (χ2v) is 2.92. The largest absolute Gasteiger partial charge is 0.435 e. The van der Waals surface area contributed by atoms with Crippen molar-refractivity contribution in [1.82, 2.24) is 4.98 Å². The van der Waals surface area contributed by atoms with Gasteiger partial charge < -0.3 is 10.8 Å². The molecule has 16 heavy (non-hydrogen) atoms. The first kappa shape index (κ1) is 12.6. The molecular formula is C8H7F5N2O. The second-order valence-electron chi connectivity index (χ2n) is 2.92. The molecule has 8 heteroatoms. The van der Waals surface area contributed by atoms with E-state index in [2.05, 4.69) is 4.98 Å². The van der Waals surface area contributed by atoms with Crippen molar-refractivity contribution in [1.29, 1.82) is 0 Å². The van der Waals surface area contributed by atoms with Crippen molar-refractivity contribution in [2.24, 2.45) is 0 Å². The van der Waals surface area contributed by atoms with Crippen LogP contribution in [-0.2, 0) is 12.8 Å². The molecule has 0 aliphatic carbocycles. The van der Waals surface area contributed by atoms with Gasteiger partial charge in [0.25, 0.3) is 6.43 Å². The summed E-state index contributed by atoms with van der Waals surface area (Å²) in [5.74, 6) is 0. The van der Waals surface area contributed by atoms with Crippen molar-refractivity contribution < 1.29 is 27.1 Å². The highest BCUT2D eigenvalue weighted by atomic mass is 19.4. The molecule has 0 spiro atoms. The van der Waals surface area contributed by atoms with Crippen LogP contribution >= 0.6 is 0 Å². The third kappa shape index (κ3) is 2.38. The molecule has 3 N–H and O–H groups in total. The molecule has 1 aromatic rings. The molecule has 0 amide bonds. The summed E-state index contributed by atoms with van der Waals surface area (Å²) >= 11 is 0. The Labute approximate surface area is 86.7 Å². The number of aliphatic hydroxyl groups excluding tert-OH is 1. The van der Waals surface area contributed by atoms with Gasteiger partial charge in [-0.1, -0.05) is 0 Å². The molecule has 1 rings (SSSR count). The number of aromatic nitrogens is 1. The standard InChI is InChI=1S/C8H7F5N2O/c9-7(10)3-1-4(14)6(8(11,12)13)15-5(3)2-16/h1,7,16H,2,14H2. The van der Waals surface area contributed by atoms with Crippen molar-refractivity contribution in [2.75, 3.05) is 5.73 Å². The predicted octanol–water partition coefficient (Wildman–Crippen LogP) is 2.11. The monoisotopic (exact) mass is 242 g/mol. The van der Waals surface area contributed by atoms with Crippen LogP contribution in [0.15, 0.2) is 6.07 Å². The highest BCUT2D eigenvalue weighted by molar-refractivity contribution is 5.48. The Morgan fingerprint density at radius 3 is 2.31 bits per heavy atom. The Bertz CT molecular complexity index is 391. The molecular weight excluding hydrogens is 235 g/mol. The van der Waals surface area contributed by atoms with E-state index in [1.54, 1.807) is 0 Å². The van der Waals surface area contributed by atoms with Crippen molar-refractivity contribution in [3.05, 3.63) is 23.0 Å². The number of halogens is 5. The SMILES string of the molecule is Nc1cc(C(F)F)c(CO)nc1C(F)(F)F. The molecule has 0 radical (unpaired) electrons. The van der Waals surface area contributed by atoms with Crippen LogP contribution in [-0.4, -0.2) is 10.1 Å². The minimum Gasteiger partial charge on any atom is -0.397 e. The summed E-state index contributed by atoms with van der Waals surface area (Å²) in [4.78, 5) is 2.90. The molecule has 0 aliphatic heterocycles. The van der Waals surface area contributed by atoms with Crippen LogP contribution in [0.5, 0.6) is 0 Å². The number of alkyl halides is 5. The number of nitrogens with zero attached hydrogens (tertiary/aromatic N) is 1. The summed E-state index contributed by atoms with van der Waals surface area (Å²) in [5, 5.41) is 8.64. The zero-order chi connectivity index (χ0) is 12.5. The average Bonchev–Trinajstić information content (AvgIpc) is 2.15. The summed E-state index contributed by atoms with van der Waals surface area (Å²) in [6.45, 7) is -1.01. The Kier molecular flexibility index (Phi) is 3.32. The van der Waals surface area contributed by atoms with Gasteiger partial charge in [-0.2, -0.15) is 13.2 Å². The fraction of sp³-hybridized carbons (Fsp3) is 0.375. The average molecular weight is 242 g/mol. The van der Waals surface area contributed by atoms with Gasteiger partial charge >= 0.3 is 6.18 Å². The van der Waals surface area contributed by atoms with Crippen molar-refractivity contribution in [3.63, 3.8) is 0 Å². The van der Waals surface area contributed by atoms with E-state index >= 15 is 0 Å². The van der Waals surface area contributed by atoms with Crippen LogP contribution in [0, 0.1) is 0 Å². The minimum atomic E-state index is -4.84. The van der Waals surface area contributed by atoms with Gasteiger partial charge in [0.15, 0.2) is 5.69 Å². The molecule has 1 heterocycles. The van der Waals surface area contributed by atoms with Gasteiger partial charge in [0, 0.05) is 5.56 Å². The van der Waals surface area contributed by atoms with Gasteiger partial charge in [-0.25, -0.2) is 13.8 Å². The number of hydrogen-bond donors (Lipinski definition) is 2. The fourth-order valence-electron chi connectivity index (χ4n) is 1.13. The number of rotatable bonds is 2. The van der Waals surface area contributed by atoms with Gasteiger partial charge in [-0.05, 0) is 6.07 Å². The van der Waals surface area contributed by atoms with Gasteiger partial charge in [0.05, 0.1) is 18.0 Å². The van der Waals surface area contributed by atoms with E-state index < -0.39 is 41.8 Å². The maximum atomic E-state index is 12.3. The van der Waals surface area contributed by atoms with E-state index in [9.17, 15) is 22.0 Å². The van der Waals surface area contributed by atoms with Crippen molar-refractivity contribution >= 4 is 5.69 Å². The highest BCUT2D eigenvalue weighted by Crippen LogP contribution is 2.35. The second kappa shape index (κ2) is 4.20. The summed E-state index contributed by atoms with van der Waals surface area (Å²) in [7, 11) is 0. The van der Waals surface area contributed by atoms with E-state index in [0.717, 1.165) is 0 Å². The molecule has 0 atom stereocenters. The first-order valence-corrected chi connectivity index (χ1v) is 4.03. The van der Waals surface area contributed by atoms with Gasteiger partial charge in [0.1, 0.15) is 0 Å². The van der Waals surface area contributed by atoms with E-state index in [0.29, 0.717) is 6.07 Å². The quantitative estimate of drug-likeness (QED) is 0.781. The van der Waals surface area contributed by atoms with Gasteiger partial charge in [-0.15, -0.1) is 0 Å². The number of anilines is 1. The van der Waals surface area contributed by atoms with Crippen molar-refractivity contribution in [3.8, 4) is 0 Å². The van der Waals surface area contributed by atoms with E-state index in [1.165, 1.54) is 0 Å². The van der Waals surface area contributed by atoms with Crippen molar-refractivity contribution in [2.45, 2.75) is 19.2 Å². The molecule has 0 saturated heterocycles. The summed E-state index contributed by atoms with van der Waals surface area (Å²) in [6.07, 6.45) is -7.88. The molecule has 0 fully saturated rings. The van der Waals surface area contributed by atoms with Gasteiger partial charge in [0.2, 0.25) is 0 Å². The zero-order valence-electron chi connectivity index (χ0n) is 7.72. The third-order valence-corrected chi connectivity index (χ3v) is 1.82. The maximum absolute atomic E-state index is 12.3. The Morgan fingerprint density at radius 2 is 1.94 bits per heavy atom. The lowest BCUT2D eigenvalue weighted by molar-refractivity contribution is -0.140. The lowest BCUT2D eigenvalue weighted by Crippen LogP contribution is -2.15. The first-order chi connectivity index (χ1) is 7.27. The lowest BCUT2D eigenvalue weighted by atomic mass is 10.1. The number of nitrogen functional groups attached to an aromatic ring is 1. The molecule has 0 unspecified atom stereocenters. The summed E-state index contributed by atoms with van der Waals surface area (Å²) in [5.41, 5.74) is 1.09. The van der Waals surface area contributed by atoms with Crippen LogP contribution in [0.2, 0.25) is 0 Å². The third-order valence-electron chi connectivity index (χ3n) is 1.82. The number of hydrogen-bond acceptors (Lipinski definition) is 3. The molecule has 0 saturated carbocycles. The smallest absolute Gasteiger partial charge is 0.397 e. The number of aliphatic hydroxyl groups is 1. The number of nitrogens with two attached hydrogens (primary N) is 1. The molecule has 3 nitrogen and oxygen atoms in total. The van der Waals surface area contributed by atoms with Crippen LogP contribution < -0.4 is 5.73 Å². The van der Waals surface area contributed by atoms with Gasteiger partial charge in [-0.3, -0.25) is 0 Å². The molecule has 0 bridgehead atoms. The van der Waals surface area contributed by atoms with E-state index in [1.807, 2.05) is 0 Å². The predicted molar refractivity (Wildman–Crippen MR) is 44.5 cm³/mol. The van der Waals surface area contributed by atoms with Crippen LogP contribution in [0.1, 0.15) is 23.4 Å². The Balaban J connectivity index is 3.37. The minimum absolute atomic E-state index is 0.478. The molecule has 90 valence electrons. The molecule has 1 aromatic heterocycles. The summed E-state index contributed by atoms with van der Waals surface area (Å²) in [6, 6.07) is 0.478. The van der Waals surface area contributed by atoms with E-state index in [4.69, 9.17) is 10.8 Å². The van der Waals surface area contributed by atoms with Crippen LogP contribution in [0.3, 0.4) is 0 Å². The number of pyridine rings is 1. The normalized spacial score (nSPS) is 12.2. The summed E-state index contributed by atoms with van der Waals surface area (Å²) < 4.78 is 61.5. The van der Waals surface area contributed by atoms with Crippen LogP contribution in [0.25, 0.3) is 0 Å². The first-order valence-electron chi connectivity index (χ1n) is 4.03. The molecule has 0 aliphatic rings. The van der Waals surface area contributed by atoms with E-state index in [-0.39, 0.29) is 0 Å². The fourth-order valence-corrected chi connectivity index (χ4v) is 1.13. The Morgan fingerprint density at radius 1 is 1.38 bits per heavy atom.